The summed E-state index contributed by atoms with van der Waals surface area (Å²) in [6, 6.07) is 23.1. The average molecular weight is 424 g/mol. The topological polar surface area (TPSA) is 93.3 Å². The minimum Gasteiger partial charge on any atom is -0.489 e. The number of fused-ring (bicyclic) bond motifs is 1. The second kappa shape index (κ2) is 8.87. The molecule has 5 rings (SSSR count). The number of benzene rings is 2. The Morgan fingerprint density at radius 1 is 0.906 bits per heavy atom. The van der Waals surface area contributed by atoms with Crippen molar-refractivity contribution in [2.75, 3.05) is 5.32 Å². The number of hydrogen-bond acceptors (Lipinski definition) is 7. The standard InChI is InChI=1S/C25H20N4O3/c30-14-20-10-11-24(32-20)22-12-21-23(13-26-22)27-16-28-25(21)29-18-6-8-19(9-7-18)31-15-17-4-2-1-3-5-17/h1-13,16,30H,14-15H2,(H,27,28,29). The summed E-state index contributed by atoms with van der Waals surface area (Å²) in [5.41, 5.74) is 3.34. The Morgan fingerprint density at radius 3 is 2.53 bits per heavy atom. The fraction of sp³-hybridized carbons (Fsp3) is 0.0800. The van der Waals surface area contributed by atoms with Crippen molar-refractivity contribution in [2.45, 2.75) is 13.2 Å². The summed E-state index contributed by atoms with van der Waals surface area (Å²) in [4.78, 5) is 13.1. The number of anilines is 2. The summed E-state index contributed by atoms with van der Waals surface area (Å²) >= 11 is 0. The van der Waals surface area contributed by atoms with Gasteiger partial charge in [-0.3, -0.25) is 4.98 Å². The lowest BCUT2D eigenvalue weighted by Crippen LogP contribution is -1.98. The van der Waals surface area contributed by atoms with Gasteiger partial charge in [0.15, 0.2) is 5.76 Å². The summed E-state index contributed by atoms with van der Waals surface area (Å²) in [5, 5.41) is 13.4. The normalized spacial score (nSPS) is 10.9. The molecule has 0 saturated heterocycles. The molecule has 7 heteroatoms. The molecule has 0 radical (unpaired) electrons. The second-order valence-corrected chi connectivity index (χ2v) is 7.16. The van der Waals surface area contributed by atoms with Crippen LogP contribution in [0.15, 0.2) is 89.7 Å². The fourth-order valence-corrected chi connectivity index (χ4v) is 3.31. The van der Waals surface area contributed by atoms with Crippen molar-refractivity contribution in [3.8, 4) is 17.2 Å². The smallest absolute Gasteiger partial charge is 0.152 e. The van der Waals surface area contributed by atoms with E-state index in [0.717, 1.165) is 22.4 Å². The Morgan fingerprint density at radius 2 is 1.75 bits per heavy atom. The maximum atomic E-state index is 9.24. The van der Waals surface area contributed by atoms with Gasteiger partial charge in [-0.2, -0.15) is 0 Å². The number of nitrogens with one attached hydrogen (secondary N) is 1. The SMILES string of the molecule is OCc1ccc(-c2cc3c(Nc4ccc(OCc5ccccc5)cc4)ncnc3cn2)o1. The molecule has 0 bridgehead atoms. The highest BCUT2D eigenvalue weighted by atomic mass is 16.5. The predicted molar refractivity (Wildman–Crippen MR) is 121 cm³/mol. The van der Waals surface area contributed by atoms with Crippen molar-refractivity contribution in [2.24, 2.45) is 0 Å². The molecule has 0 amide bonds. The van der Waals surface area contributed by atoms with Crippen LogP contribution >= 0.6 is 0 Å². The first-order valence-corrected chi connectivity index (χ1v) is 10.1. The Balaban J connectivity index is 1.35. The predicted octanol–water partition coefficient (Wildman–Crippen LogP) is 5.10. The van der Waals surface area contributed by atoms with E-state index < -0.39 is 0 Å². The van der Waals surface area contributed by atoms with E-state index in [4.69, 9.17) is 9.15 Å². The number of aliphatic hydroxyl groups is 1. The molecule has 2 N–H and O–H groups in total. The Hall–Kier alpha value is -4.23. The molecule has 32 heavy (non-hydrogen) atoms. The van der Waals surface area contributed by atoms with Crippen LogP contribution in [0, 0.1) is 0 Å². The molecule has 0 spiro atoms. The van der Waals surface area contributed by atoms with E-state index in [1.165, 1.54) is 6.33 Å². The molecular formula is C25H20N4O3. The van der Waals surface area contributed by atoms with Gasteiger partial charge in [0.05, 0.1) is 11.7 Å². The number of nitrogens with zero attached hydrogens (tertiary/aromatic N) is 3. The number of rotatable bonds is 7. The van der Waals surface area contributed by atoms with Gasteiger partial charge < -0.3 is 19.6 Å². The van der Waals surface area contributed by atoms with Gasteiger partial charge in [0, 0.05) is 11.1 Å². The molecule has 0 aliphatic carbocycles. The van der Waals surface area contributed by atoms with Crippen LogP contribution in [-0.4, -0.2) is 20.1 Å². The molecular weight excluding hydrogens is 404 g/mol. The van der Waals surface area contributed by atoms with Crippen molar-refractivity contribution < 1.29 is 14.3 Å². The van der Waals surface area contributed by atoms with Gasteiger partial charge in [-0.1, -0.05) is 30.3 Å². The number of aromatic nitrogens is 3. The molecule has 0 fully saturated rings. The lowest BCUT2D eigenvalue weighted by atomic mass is 10.2. The van der Waals surface area contributed by atoms with Crippen LogP contribution in [0.3, 0.4) is 0 Å². The van der Waals surface area contributed by atoms with Gasteiger partial charge in [0.2, 0.25) is 0 Å². The van der Waals surface area contributed by atoms with Crippen molar-refractivity contribution in [3.05, 3.63) is 96.6 Å². The molecule has 158 valence electrons. The van der Waals surface area contributed by atoms with Crippen LogP contribution in [0.5, 0.6) is 5.75 Å². The number of pyridine rings is 1. The zero-order chi connectivity index (χ0) is 21.8. The van der Waals surface area contributed by atoms with E-state index in [9.17, 15) is 5.11 Å². The van der Waals surface area contributed by atoms with Crippen molar-refractivity contribution in [1.29, 1.82) is 0 Å². The molecule has 3 heterocycles. The van der Waals surface area contributed by atoms with Crippen LogP contribution in [0.1, 0.15) is 11.3 Å². The average Bonchev–Trinajstić information content (AvgIpc) is 3.34. The summed E-state index contributed by atoms with van der Waals surface area (Å²) < 4.78 is 11.5. The Labute approximate surface area is 184 Å². The highest BCUT2D eigenvalue weighted by Gasteiger charge is 2.11. The van der Waals surface area contributed by atoms with Crippen molar-refractivity contribution in [1.82, 2.24) is 15.0 Å². The Kier molecular flexibility index (Phi) is 5.47. The third-order valence-electron chi connectivity index (χ3n) is 4.96. The van der Waals surface area contributed by atoms with Crippen LogP contribution in [0.4, 0.5) is 11.5 Å². The minimum absolute atomic E-state index is 0.158. The van der Waals surface area contributed by atoms with Gasteiger partial charge in [-0.25, -0.2) is 9.97 Å². The summed E-state index contributed by atoms with van der Waals surface area (Å²) in [7, 11) is 0. The summed E-state index contributed by atoms with van der Waals surface area (Å²) in [6.45, 7) is 0.360. The first-order valence-electron chi connectivity index (χ1n) is 10.1. The number of furan rings is 1. The van der Waals surface area contributed by atoms with E-state index >= 15 is 0 Å². The van der Waals surface area contributed by atoms with E-state index in [0.29, 0.717) is 35.2 Å². The van der Waals surface area contributed by atoms with Crippen molar-refractivity contribution in [3.63, 3.8) is 0 Å². The largest absolute Gasteiger partial charge is 0.489 e. The van der Waals surface area contributed by atoms with Gasteiger partial charge in [0.25, 0.3) is 0 Å². The van der Waals surface area contributed by atoms with Crippen LogP contribution in [0.2, 0.25) is 0 Å². The molecule has 0 saturated carbocycles. The number of ether oxygens (including phenoxy) is 1. The number of aliphatic hydroxyl groups excluding tert-OH is 1. The van der Waals surface area contributed by atoms with Crippen molar-refractivity contribution >= 4 is 22.4 Å². The lowest BCUT2D eigenvalue weighted by molar-refractivity contribution is 0.248. The zero-order valence-electron chi connectivity index (χ0n) is 17.1. The maximum absolute atomic E-state index is 9.24. The van der Waals surface area contributed by atoms with Gasteiger partial charge >= 0.3 is 0 Å². The van der Waals surface area contributed by atoms with Crippen LogP contribution in [0.25, 0.3) is 22.4 Å². The third-order valence-corrected chi connectivity index (χ3v) is 4.96. The minimum atomic E-state index is -0.158. The quantitative estimate of drug-likeness (QED) is 0.375. The summed E-state index contributed by atoms with van der Waals surface area (Å²) in [5.74, 6) is 2.51. The van der Waals surface area contributed by atoms with E-state index in [1.54, 1.807) is 18.3 Å². The van der Waals surface area contributed by atoms with E-state index in [-0.39, 0.29) is 6.61 Å². The zero-order valence-corrected chi connectivity index (χ0v) is 17.1. The highest BCUT2D eigenvalue weighted by molar-refractivity contribution is 5.92. The third kappa shape index (κ3) is 4.28. The van der Waals surface area contributed by atoms with Gasteiger partial charge in [0.1, 0.15) is 42.6 Å². The molecule has 0 aliphatic heterocycles. The van der Waals surface area contributed by atoms with Gasteiger partial charge in [-0.05, 0) is 48.0 Å². The molecule has 7 nitrogen and oxygen atoms in total. The monoisotopic (exact) mass is 424 g/mol. The first-order chi connectivity index (χ1) is 15.8. The fourth-order valence-electron chi connectivity index (χ4n) is 3.31. The molecule has 0 unspecified atom stereocenters. The van der Waals surface area contributed by atoms with Gasteiger partial charge in [-0.15, -0.1) is 0 Å². The molecule has 5 aromatic rings. The lowest BCUT2D eigenvalue weighted by Gasteiger charge is -2.10. The molecule has 3 aromatic heterocycles. The first kappa shape index (κ1) is 19.7. The Bertz CT molecular complexity index is 1330. The molecule has 2 aromatic carbocycles. The molecule has 0 atom stereocenters. The molecule has 0 aliphatic rings. The summed E-state index contributed by atoms with van der Waals surface area (Å²) in [6.07, 6.45) is 3.18. The number of hydrogen-bond donors (Lipinski definition) is 2. The van der Waals surface area contributed by atoms with Crippen LogP contribution in [-0.2, 0) is 13.2 Å². The highest BCUT2D eigenvalue weighted by Crippen LogP contribution is 2.28. The van der Waals surface area contributed by atoms with E-state index in [1.807, 2.05) is 60.7 Å². The van der Waals surface area contributed by atoms with E-state index in [2.05, 4.69) is 20.3 Å². The second-order valence-electron chi connectivity index (χ2n) is 7.16. The maximum Gasteiger partial charge on any atom is 0.152 e. The van der Waals surface area contributed by atoms with Crippen LogP contribution < -0.4 is 10.1 Å².